The zero-order valence-corrected chi connectivity index (χ0v) is 17.4. The first-order valence-corrected chi connectivity index (χ1v) is 10.1. The van der Waals surface area contributed by atoms with Crippen molar-refractivity contribution < 1.29 is 9.21 Å². The summed E-state index contributed by atoms with van der Waals surface area (Å²) in [5.41, 5.74) is 2.63. The monoisotopic (exact) mass is 430 g/mol. The van der Waals surface area contributed by atoms with E-state index in [-0.39, 0.29) is 11.9 Å². The van der Waals surface area contributed by atoms with Gasteiger partial charge >= 0.3 is 0 Å². The van der Waals surface area contributed by atoms with Crippen LogP contribution in [0.2, 0.25) is 10.0 Å². The summed E-state index contributed by atoms with van der Waals surface area (Å²) in [5, 5.41) is 12.2. The largest absolute Gasteiger partial charge is 0.419 e. The molecule has 1 saturated heterocycles. The molecule has 1 unspecified atom stereocenters. The molecule has 1 atom stereocenters. The Kier molecular flexibility index (Phi) is 5.85. The molecule has 4 rings (SSSR count). The topological polar surface area (TPSA) is 71.3 Å². The van der Waals surface area contributed by atoms with Gasteiger partial charge in [0.25, 0.3) is 0 Å². The molecule has 0 aliphatic carbocycles. The van der Waals surface area contributed by atoms with Crippen LogP contribution in [0.3, 0.4) is 0 Å². The summed E-state index contributed by atoms with van der Waals surface area (Å²) < 4.78 is 5.82. The van der Waals surface area contributed by atoms with Crippen LogP contribution in [-0.4, -0.2) is 33.6 Å². The molecule has 1 N–H and O–H groups in total. The first-order valence-electron chi connectivity index (χ1n) is 9.38. The molecule has 1 fully saturated rings. The second-order valence-corrected chi connectivity index (χ2v) is 8.02. The van der Waals surface area contributed by atoms with Gasteiger partial charge in [-0.1, -0.05) is 40.9 Å². The van der Waals surface area contributed by atoms with E-state index in [0.29, 0.717) is 34.1 Å². The van der Waals surface area contributed by atoms with E-state index >= 15 is 0 Å². The number of rotatable bonds is 5. The zero-order chi connectivity index (χ0) is 20.4. The number of carbonyl (C=O) groups excluding carboxylic acids is 1. The van der Waals surface area contributed by atoms with Gasteiger partial charge < -0.3 is 9.73 Å². The Hall–Kier alpha value is -2.41. The van der Waals surface area contributed by atoms with Gasteiger partial charge in [0.1, 0.15) is 0 Å². The number of aryl methyl sites for hydroxylation is 1. The first kappa shape index (κ1) is 19.9. The summed E-state index contributed by atoms with van der Waals surface area (Å²) in [6, 6.07) is 12.6. The molecule has 2 heterocycles. The van der Waals surface area contributed by atoms with Crippen LogP contribution in [0.15, 0.2) is 46.9 Å². The summed E-state index contributed by atoms with van der Waals surface area (Å²) in [4.78, 5) is 14.8. The number of amides is 1. The van der Waals surface area contributed by atoms with E-state index in [4.69, 9.17) is 27.6 Å². The van der Waals surface area contributed by atoms with Gasteiger partial charge in [-0.25, -0.2) is 0 Å². The van der Waals surface area contributed by atoms with Crippen molar-refractivity contribution in [1.29, 1.82) is 0 Å². The summed E-state index contributed by atoms with van der Waals surface area (Å²) in [6.07, 6.45) is 1.69. The van der Waals surface area contributed by atoms with Crippen LogP contribution >= 0.6 is 23.2 Å². The summed E-state index contributed by atoms with van der Waals surface area (Å²) in [6.45, 7) is 3.24. The normalized spacial score (nSPS) is 16.9. The van der Waals surface area contributed by atoms with Crippen LogP contribution in [0.25, 0.3) is 11.5 Å². The van der Waals surface area contributed by atoms with Crippen molar-refractivity contribution >= 4 is 34.8 Å². The van der Waals surface area contributed by atoms with Gasteiger partial charge in [-0.15, -0.1) is 10.2 Å². The molecule has 29 heavy (non-hydrogen) atoms. The van der Waals surface area contributed by atoms with Gasteiger partial charge in [0.05, 0.1) is 12.6 Å². The van der Waals surface area contributed by atoms with Crippen LogP contribution in [0.1, 0.15) is 24.3 Å². The molecule has 8 heteroatoms. The Labute approximate surface area is 178 Å². The molecule has 1 aliphatic rings. The smallest absolute Gasteiger partial charge is 0.247 e. The number of anilines is 1. The van der Waals surface area contributed by atoms with Gasteiger partial charge in [-0.2, -0.15) is 0 Å². The van der Waals surface area contributed by atoms with Crippen molar-refractivity contribution in [3.63, 3.8) is 0 Å². The van der Waals surface area contributed by atoms with Crippen molar-refractivity contribution in [2.75, 3.05) is 11.9 Å². The number of hydrogen-bond acceptors (Lipinski definition) is 5. The molecular weight excluding hydrogens is 411 g/mol. The Morgan fingerprint density at radius 1 is 1.17 bits per heavy atom. The summed E-state index contributed by atoms with van der Waals surface area (Å²) in [7, 11) is 0. The maximum absolute atomic E-state index is 12.8. The van der Waals surface area contributed by atoms with Crippen LogP contribution in [0, 0.1) is 6.92 Å². The molecule has 0 spiro atoms. The van der Waals surface area contributed by atoms with E-state index in [0.717, 1.165) is 24.9 Å². The van der Waals surface area contributed by atoms with Crippen LogP contribution in [-0.2, 0) is 11.3 Å². The highest BCUT2D eigenvalue weighted by atomic mass is 35.5. The SMILES string of the molecule is Cc1ccc(-c2nnc(CN3CCCC3C(=O)Nc3cc(Cl)cc(Cl)c3)o2)cc1. The van der Waals surface area contributed by atoms with E-state index in [1.165, 1.54) is 5.56 Å². The van der Waals surface area contributed by atoms with Crippen molar-refractivity contribution in [2.24, 2.45) is 0 Å². The lowest BCUT2D eigenvalue weighted by atomic mass is 10.1. The number of nitrogens with zero attached hydrogens (tertiary/aromatic N) is 3. The highest BCUT2D eigenvalue weighted by molar-refractivity contribution is 6.35. The molecule has 150 valence electrons. The number of nitrogens with one attached hydrogen (secondary N) is 1. The predicted molar refractivity (Wildman–Crippen MR) is 113 cm³/mol. The number of likely N-dealkylation sites (tertiary alicyclic amines) is 1. The molecule has 0 bridgehead atoms. The number of carbonyl (C=O) groups is 1. The Morgan fingerprint density at radius 3 is 2.62 bits per heavy atom. The van der Waals surface area contributed by atoms with E-state index < -0.39 is 0 Å². The minimum Gasteiger partial charge on any atom is -0.419 e. The van der Waals surface area contributed by atoms with Gasteiger partial charge in [-0.05, 0) is 56.6 Å². The molecule has 0 saturated carbocycles. The van der Waals surface area contributed by atoms with Crippen LogP contribution in [0.4, 0.5) is 5.69 Å². The fourth-order valence-corrected chi connectivity index (χ4v) is 3.99. The van der Waals surface area contributed by atoms with Gasteiger partial charge in [0.2, 0.25) is 17.7 Å². The van der Waals surface area contributed by atoms with Crippen LogP contribution in [0.5, 0.6) is 0 Å². The van der Waals surface area contributed by atoms with E-state index in [1.54, 1.807) is 18.2 Å². The minimum absolute atomic E-state index is 0.0980. The molecular formula is C21H20Cl2N4O2. The van der Waals surface area contributed by atoms with Crippen LogP contribution < -0.4 is 5.32 Å². The highest BCUT2D eigenvalue weighted by Gasteiger charge is 2.32. The van der Waals surface area contributed by atoms with Crippen molar-refractivity contribution in [2.45, 2.75) is 32.4 Å². The molecule has 3 aromatic rings. The third-order valence-electron chi connectivity index (χ3n) is 4.90. The van der Waals surface area contributed by atoms with Gasteiger partial charge in [0, 0.05) is 21.3 Å². The number of halogens is 2. The van der Waals surface area contributed by atoms with Crippen molar-refractivity contribution in [1.82, 2.24) is 15.1 Å². The fraction of sp³-hybridized carbons (Fsp3) is 0.286. The Balaban J connectivity index is 1.43. The molecule has 1 aliphatic heterocycles. The minimum atomic E-state index is -0.275. The first-order chi connectivity index (χ1) is 14.0. The Bertz CT molecular complexity index is 1000. The predicted octanol–water partition coefficient (Wildman–Crippen LogP) is 4.95. The standard InChI is InChI=1S/C21H20Cl2N4O2/c1-13-4-6-14(7-5-13)21-26-25-19(29-21)12-27-8-2-3-18(27)20(28)24-17-10-15(22)9-16(23)11-17/h4-7,9-11,18H,2-3,8,12H2,1H3,(H,24,28). The lowest BCUT2D eigenvalue weighted by Gasteiger charge is -2.22. The molecule has 1 aromatic heterocycles. The second kappa shape index (κ2) is 8.53. The molecule has 1 amide bonds. The zero-order valence-electron chi connectivity index (χ0n) is 15.9. The fourth-order valence-electron chi connectivity index (χ4n) is 3.47. The number of benzene rings is 2. The number of aromatic nitrogens is 2. The van der Waals surface area contributed by atoms with Crippen molar-refractivity contribution in [3.05, 3.63) is 64.0 Å². The maximum atomic E-state index is 12.8. The quantitative estimate of drug-likeness (QED) is 0.619. The van der Waals surface area contributed by atoms with E-state index in [1.807, 2.05) is 36.1 Å². The average molecular weight is 431 g/mol. The lowest BCUT2D eigenvalue weighted by Crippen LogP contribution is -2.39. The molecule has 2 aromatic carbocycles. The Morgan fingerprint density at radius 2 is 1.90 bits per heavy atom. The van der Waals surface area contributed by atoms with Crippen molar-refractivity contribution in [3.8, 4) is 11.5 Å². The third-order valence-corrected chi connectivity index (χ3v) is 5.34. The summed E-state index contributed by atoms with van der Waals surface area (Å²) >= 11 is 12.0. The van der Waals surface area contributed by atoms with E-state index in [2.05, 4.69) is 15.5 Å². The summed E-state index contributed by atoms with van der Waals surface area (Å²) in [5.74, 6) is 0.874. The lowest BCUT2D eigenvalue weighted by molar-refractivity contribution is -0.120. The number of hydrogen-bond donors (Lipinski definition) is 1. The highest BCUT2D eigenvalue weighted by Crippen LogP contribution is 2.26. The van der Waals surface area contributed by atoms with Gasteiger partial charge in [-0.3, -0.25) is 9.69 Å². The van der Waals surface area contributed by atoms with E-state index in [9.17, 15) is 4.79 Å². The third kappa shape index (κ3) is 4.78. The molecule has 0 radical (unpaired) electrons. The maximum Gasteiger partial charge on any atom is 0.247 e. The second-order valence-electron chi connectivity index (χ2n) is 7.14. The molecule has 6 nitrogen and oxygen atoms in total. The van der Waals surface area contributed by atoms with Gasteiger partial charge in [0.15, 0.2) is 0 Å². The average Bonchev–Trinajstić information content (AvgIpc) is 3.31.